The maximum Gasteiger partial charge on any atom is 0.257 e. The first-order valence-corrected chi connectivity index (χ1v) is 15.8. The number of amides is 1. The molecule has 51 heavy (non-hydrogen) atoms. The third-order valence-corrected chi connectivity index (χ3v) is 10.6. The van der Waals surface area contributed by atoms with Crippen molar-refractivity contribution >= 4 is 5.91 Å². The highest BCUT2D eigenvalue weighted by Gasteiger charge is 2.57. The van der Waals surface area contributed by atoms with Gasteiger partial charge in [-0.05, 0) is 33.7 Å². The van der Waals surface area contributed by atoms with Crippen LogP contribution in [0.15, 0.2) is 0 Å². The second-order valence-electron chi connectivity index (χ2n) is 12.7. The predicted octanol–water partition coefficient (Wildman–Crippen LogP) is 4.65. The van der Waals surface area contributed by atoms with Crippen LogP contribution in [-0.4, -0.2) is 86.1 Å². The van der Waals surface area contributed by atoms with E-state index in [-0.39, 0.29) is 41.4 Å². The van der Waals surface area contributed by atoms with E-state index in [1.807, 2.05) is 11.9 Å². The molecule has 2 bridgehead atoms. The number of carbonyl (C=O) groups excluding carboxylic acids is 1. The number of hydrogen-bond donors (Lipinski definition) is 3. The molecule has 0 aromatic heterocycles. The van der Waals surface area contributed by atoms with Crippen LogP contribution in [-0.2, 0) is 12.8 Å². The highest BCUT2D eigenvalue weighted by atomic mass is 19.2. The average molecular weight is 719 g/mol. The highest BCUT2D eigenvalue weighted by molar-refractivity contribution is 5.95. The zero-order valence-electron chi connectivity index (χ0n) is 28.7. The number of fused-ring (bicyclic) bond motifs is 7. The number of carbonyl (C=O) groups is 1. The second kappa shape index (κ2) is 13.0. The molecular weight excluding hydrogens is 683 g/mol. The number of phenols is 2. The summed E-state index contributed by atoms with van der Waals surface area (Å²) < 4.78 is 94.2. The molecule has 3 aromatic carbocycles. The van der Waals surface area contributed by atoms with Crippen molar-refractivity contribution in [3.05, 3.63) is 68.0 Å². The summed E-state index contributed by atoms with van der Waals surface area (Å²) in [6.45, 7) is 2.82. The molecule has 6 rings (SSSR count). The van der Waals surface area contributed by atoms with Crippen molar-refractivity contribution in [2.24, 2.45) is 0 Å². The van der Waals surface area contributed by atoms with Gasteiger partial charge in [0, 0.05) is 52.0 Å². The molecule has 5 atom stereocenters. The zero-order chi connectivity index (χ0) is 37.4. The molecule has 1 amide bonds. The SMILES string of the molecule is COc1c(C)c(OC)c2c(c1O)[C@@H]1[C@@H]3Cc4c(OC)c(C)c(OC)c(O)c4[C@H](CNC(=O)c4c(F)c(F)c(F)c(F)c4F)N3C(C#N)[C@H](C2)N1C. The summed E-state index contributed by atoms with van der Waals surface area (Å²) in [5, 5.41) is 36.5. The molecule has 0 radical (unpaired) electrons. The van der Waals surface area contributed by atoms with Gasteiger partial charge in [-0.25, -0.2) is 22.0 Å². The lowest BCUT2D eigenvalue weighted by atomic mass is 9.71. The summed E-state index contributed by atoms with van der Waals surface area (Å²) in [7, 11) is 7.44. The van der Waals surface area contributed by atoms with Crippen LogP contribution in [0.4, 0.5) is 22.0 Å². The number of likely N-dealkylation sites (N-methyl/N-ethyl adjacent to an activating group) is 1. The third kappa shape index (κ3) is 4.92. The summed E-state index contributed by atoms with van der Waals surface area (Å²) in [6, 6.07) is -1.70. The van der Waals surface area contributed by atoms with Crippen LogP contribution in [0.1, 0.15) is 55.8 Å². The molecule has 3 aromatic rings. The van der Waals surface area contributed by atoms with Crippen molar-refractivity contribution in [1.29, 1.82) is 5.26 Å². The number of benzene rings is 3. The molecule has 1 saturated heterocycles. The van der Waals surface area contributed by atoms with Gasteiger partial charge in [0.25, 0.3) is 5.91 Å². The Kier molecular flexibility index (Phi) is 9.09. The number of hydrogen-bond acceptors (Lipinski definition) is 10. The first-order valence-electron chi connectivity index (χ1n) is 15.8. The Labute approximate surface area is 289 Å². The number of nitrogens with one attached hydrogen (secondary N) is 1. The van der Waals surface area contributed by atoms with E-state index < -0.39 is 77.3 Å². The van der Waals surface area contributed by atoms with Crippen molar-refractivity contribution in [2.75, 3.05) is 42.0 Å². The maximum atomic E-state index is 14.7. The molecule has 3 N–H and O–H groups in total. The van der Waals surface area contributed by atoms with Gasteiger partial charge in [0.2, 0.25) is 5.82 Å². The van der Waals surface area contributed by atoms with Gasteiger partial charge < -0.3 is 34.5 Å². The van der Waals surface area contributed by atoms with E-state index in [1.165, 1.54) is 28.4 Å². The van der Waals surface area contributed by atoms with Gasteiger partial charge in [-0.15, -0.1) is 0 Å². The van der Waals surface area contributed by atoms with Crippen LogP contribution in [0.25, 0.3) is 0 Å². The van der Waals surface area contributed by atoms with Crippen molar-refractivity contribution < 1.29 is 55.9 Å². The first-order chi connectivity index (χ1) is 24.2. The van der Waals surface area contributed by atoms with Gasteiger partial charge >= 0.3 is 0 Å². The van der Waals surface area contributed by atoms with Crippen LogP contribution in [0.3, 0.4) is 0 Å². The van der Waals surface area contributed by atoms with E-state index in [2.05, 4.69) is 11.4 Å². The van der Waals surface area contributed by atoms with Crippen molar-refractivity contribution in [3.8, 4) is 40.6 Å². The summed E-state index contributed by atoms with van der Waals surface area (Å²) in [6.07, 6.45) is 0.338. The van der Waals surface area contributed by atoms with Crippen LogP contribution in [0, 0.1) is 54.3 Å². The summed E-state index contributed by atoms with van der Waals surface area (Å²) in [4.78, 5) is 17.0. The Morgan fingerprint density at radius 1 is 0.784 bits per heavy atom. The molecule has 3 aliphatic rings. The molecule has 1 unspecified atom stereocenters. The topological polar surface area (TPSA) is 137 Å². The number of nitriles is 1. The fraction of sp³-hybridized carbons (Fsp3) is 0.429. The maximum absolute atomic E-state index is 14.7. The van der Waals surface area contributed by atoms with Gasteiger partial charge in [-0.3, -0.25) is 14.6 Å². The average Bonchev–Trinajstić information content (AvgIpc) is 3.10. The Hall–Kier alpha value is -5.01. The summed E-state index contributed by atoms with van der Waals surface area (Å²) >= 11 is 0. The zero-order valence-corrected chi connectivity index (χ0v) is 28.7. The van der Waals surface area contributed by atoms with E-state index in [1.54, 1.807) is 18.7 Å². The predicted molar refractivity (Wildman–Crippen MR) is 170 cm³/mol. The molecule has 11 nitrogen and oxygen atoms in total. The molecule has 0 spiro atoms. The molecule has 0 aliphatic carbocycles. The highest BCUT2D eigenvalue weighted by Crippen LogP contribution is 2.58. The normalized spacial score (nSPS) is 22.3. The monoisotopic (exact) mass is 718 g/mol. The Morgan fingerprint density at radius 3 is 1.73 bits per heavy atom. The minimum Gasteiger partial charge on any atom is -0.504 e. The minimum absolute atomic E-state index is 0.0240. The molecule has 272 valence electrons. The van der Waals surface area contributed by atoms with Gasteiger partial charge in [0.1, 0.15) is 23.1 Å². The fourth-order valence-electron chi connectivity index (χ4n) is 8.50. The number of rotatable bonds is 7. The molecule has 3 heterocycles. The number of ether oxygens (including phenoxy) is 4. The third-order valence-electron chi connectivity index (χ3n) is 10.6. The number of halogens is 5. The number of aromatic hydroxyl groups is 2. The van der Waals surface area contributed by atoms with E-state index in [4.69, 9.17) is 18.9 Å². The summed E-state index contributed by atoms with van der Waals surface area (Å²) in [5.41, 5.74) is 1.05. The van der Waals surface area contributed by atoms with Gasteiger partial charge in [0.15, 0.2) is 46.3 Å². The van der Waals surface area contributed by atoms with Crippen LogP contribution < -0.4 is 24.3 Å². The van der Waals surface area contributed by atoms with Crippen LogP contribution in [0.5, 0.6) is 34.5 Å². The number of phenolic OH excluding ortho intramolecular Hbond substituents is 2. The fourth-order valence-corrected chi connectivity index (χ4v) is 8.50. The van der Waals surface area contributed by atoms with Gasteiger partial charge in [-0.2, -0.15) is 5.26 Å². The Balaban J connectivity index is 1.58. The van der Waals surface area contributed by atoms with Crippen molar-refractivity contribution in [2.45, 2.75) is 56.9 Å². The van der Waals surface area contributed by atoms with E-state index in [9.17, 15) is 42.2 Å². The second-order valence-corrected chi connectivity index (χ2v) is 12.7. The van der Waals surface area contributed by atoms with Gasteiger partial charge in [-0.1, -0.05) is 0 Å². The van der Waals surface area contributed by atoms with Gasteiger partial charge in [0.05, 0.1) is 46.6 Å². The molecular formula is C35H35F5N4O7. The standard InChI is InChI=1S/C35H35F5N4O7/c1-12-31(48-4)14-9-17-28-21-15(32(49-5)13(2)34(51-7)30(21)46)8-16(43(28)3)18(10-41)44(17)19(20(14)29(45)33(12)50-6)11-42-35(47)22-23(36)25(38)27(40)26(39)24(22)37/h16-19,28,45-46H,8-9,11H2,1-7H3,(H,42,47)/t16-,17-,18?,19-,28-/m0/s1. The lowest BCUT2D eigenvalue weighted by Crippen LogP contribution is -2.68. The van der Waals surface area contributed by atoms with Crippen molar-refractivity contribution in [1.82, 2.24) is 15.1 Å². The van der Waals surface area contributed by atoms with E-state index >= 15 is 0 Å². The number of piperazine rings is 1. The Bertz CT molecular complexity index is 1990. The number of methoxy groups -OCH3 is 4. The Morgan fingerprint density at radius 2 is 1.24 bits per heavy atom. The lowest BCUT2D eigenvalue weighted by Gasteiger charge is -2.60. The lowest BCUT2D eigenvalue weighted by molar-refractivity contribution is -0.0724. The molecule has 16 heteroatoms. The largest absolute Gasteiger partial charge is 0.504 e. The molecule has 0 saturated carbocycles. The quantitative estimate of drug-likeness (QED) is 0.180. The van der Waals surface area contributed by atoms with E-state index in [0.29, 0.717) is 39.3 Å². The number of nitrogens with zero attached hydrogens (tertiary/aromatic N) is 3. The van der Waals surface area contributed by atoms with E-state index in [0.717, 1.165) is 0 Å². The first kappa shape index (κ1) is 35.8. The van der Waals surface area contributed by atoms with Crippen molar-refractivity contribution in [3.63, 3.8) is 0 Å². The molecule has 3 aliphatic heterocycles. The minimum atomic E-state index is -2.42. The molecule has 1 fully saturated rings. The van der Waals surface area contributed by atoms with Crippen LogP contribution in [0.2, 0.25) is 0 Å². The smallest absolute Gasteiger partial charge is 0.257 e. The van der Waals surface area contributed by atoms with Crippen LogP contribution >= 0.6 is 0 Å². The summed E-state index contributed by atoms with van der Waals surface area (Å²) in [5.74, 6) is -12.8.